The molecule has 1 saturated heterocycles. The van der Waals surface area contributed by atoms with Crippen molar-refractivity contribution >= 4 is 29.1 Å². The second kappa shape index (κ2) is 5.68. The topological polar surface area (TPSA) is 109 Å². The molecule has 1 unspecified atom stereocenters. The van der Waals surface area contributed by atoms with Crippen LogP contribution in [-0.2, 0) is 0 Å². The van der Waals surface area contributed by atoms with Crippen molar-refractivity contribution in [1.29, 1.82) is 0 Å². The van der Waals surface area contributed by atoms with Crippen molar-refractivity contribution in [2.24, 2.45) is 5.73 Å². The maximum absolute atomic E-state index is 9.30. The average Bonchev–Trinajstić information content (AvgIpc) is 2.73. The zero-order valence-corrected chi connectivity index (χ0v) is 11.7. The van der Waals surface area contributed by atoms with Gasteiger partial charge in [0.1, 0.15) is 11.0 Å². The molecule has 1 aromatic rings. The second-order valence-electron chi connectivity index (χ2n) is 4.61. The number of nitrogens with two attached hydrogens (primary N) is 2. The summed E-state index contributed by atoms with van der Waals surface area (Å²) in [6.45, 7) is 3.35. The summed E-state index contributed by atoms with van der Waals surface area (Å²) in [7, 11) is 2.08. The SMILES string of the molecule is CN1CCN(c2nc(N)n(C(CO)C(N)=S)n2)CC1. The minimum Gasteiger partial charge on any atom is -0.394 e. The standard InChI is InChI=1S/C10H19N7OS/c1-15-2-4-16(5-3-15)10-13-9(12)17(14-10)7(6-18)8(11)19/h7,18H,2-6H2,1H3,(H2,11,19)(H2,12,13,14). The van der Waals surface area contributed by atoms with Crippen molar-refractivity contribution in [3.8, 4) is 0 Å². The molecular formula is C10H19N7OS. The van der Waals surface area contributed by atoms with E-state index in [0.717, 1.165) is 26.2 Å². The zero-order chi connectivity index (χ0) is 14.0. The molecule has 8 nitrogen and oxygen atoms in total. The fourth-order valence-electron chi connectivity index (χ4n) is 1.98. The third-order valence-corrected chi connectivity index (χ3v) is 3.50. The van der Waals surface area contributed by atoms with Crippen molar-refractivity contribution < 1.29 is 5.11 Å². The van der Waals surface area contributed by atoms with Crippen molar-refractivity contribution in [1.82, 2.24) is 19.7 Å². The van der Waals surface area contributed by atoms with E-state index in [-0.39, 0.29) is 17.5 Å². The van der Waals surface area contributed by atoms with Crippen LogP contribution in [0, 0.1) is 0 Å². The predicted molar refractivity (Wildman–Crippen MR) is 77.1 cm³/mol. The molecule has 106 valence electrons. The minimum atomic E-state index is -0.608. The van der Waals surface area contributed by atoms with E-state index < -0.39 is 6.04 Å². The molecule has 0 aliphatic carbocycles. The fourth-order valence-corrected chi connectivity index (χ4v) is 2.16. The molecule has 1 aliphatic rings. The van der Waals surface area contributed by atoms with Crippen LogP contribution in [-0.4, -0.2) is 69.6 Å². The Hall–Kier alpha value is -1.45. The smallest absolute Gasteiger partial charge is 0.246 e. The highest BCUT2D eigenvalue weighted by atomic mass is 32.1. The van der Waals surface area contributed by atoms with Gasteiger partial charge in [0.25, 0.3) is 0 Å². The molecule has 0 amide bonds. The van der Waals surface area contributed by atoms with E-state index in [0.29, 0.717) is 5.95 Å². The predicted octanol–water partition coefficient (Wildman–Crippen LogP) is -1.57. The number of anilines is 2. The molecule has 1 aromatic heterocycles. The highest BCUT2D eigenvalue weighted by Crippen LogP contribution is 2.17. The lowest BCUT2D eigenvalue weighted by Crippen LogP contribution is -2.45. The number of nitrogen functional groups attached to an aromatic ring is 1. The first-order chi connectivity index (χ1) is 9.02. The molecule has 5 N–H and O–H groups in total. The van der Waals surface area contributed by atoms with Gasteiger partial charge in [-0.15, -0.1) is 5.10 Å². The fraction of sp³-hybridized carbons (Fsp3) is 0.700. The van der Waals surface area contributed by atoms with Gasteiger partial charge in [-0.2, -0.15) is 4.98 Å². The average molecular weight is 285 g/mol. The Bertz CT molecular complexity index is 455. The Balaban J connectivity index is 2.18. The molecule has 2 heterocycles. The van der Waals surface area contributed by atoms with Crippen LogP contribution in [0.5, 0.6) is 0 Å². The molecule has 2 rings (SSSR count). The summed E-state index contributed by atoms with van der Waals surface area (Å²) in [4.78, 5) is 8.66. The molecule has 1 atom stereocenters. The lowest BCUT2D eigenvalue weighted by atomic mass is 10.3. The number of aliphatic hydroxyl groups excluding tert-OH is 1. The third-order valence-electron chi connectivity index (χ3n) is 3.23. The van der Waals surface area contributed by atoms with E-state index in [1.54, 1.807) is 0 Å². The Morgan fingerprint density at radius 3 is 2.58 bits per heavy atom. The van der Waals surface area contributed by atoms with Gasteiger partial charge in [-0.1, -0.05) is 12.2 Å². The molecule has 0 bridgehead atoms. The van der Waals surface area contributed by atoms with E-state index in [2.05, 4.69) is 26.9 Å². The molecule has 1 aliphatic heterocycles. The van der Waals surface area contributed by atoms with E-state index in [4.69, 9.17) is 23.7 Å². The van der Waals surface area contributed by atoms with Gasteiger partial charge in [0.2, 0.25) is 11.9 Å². The number of aromatic nitrogens is 3. The number of hydrogen-bond acceptors (Lipinski definition) is 7. The molecule has 0 saturated carbocycles. The first-order valence-electron chi connectivity index (χ1n) is 6.08. The number of rotatable bonds is 4. The van der Waals surface area contributed by atoms with Gasteiger partial charge in [0.15, 0.2) is 0 Å². The molecule has 0 spiro atoms. The molecule has 19 heavy (non-hydrogen) atoms. The van der Waals surface area contributed by atoms with Gasteiger partial charge in [-0.25, -0.2) is 4.68 Å². The molecule has 1 fully saturated rings. The minimum absolute atomic E-state index is 0.143. The quantitative estimate of drug-likeness (QED) is 0.569. The van der Waals surface area contributed by atoms with E-state index in [1.165, 1.54) is 4.68 Å². The van der Waals surface area contributed by atoms with Gasteiger partial charge in [-0.05, 0) is 7.05 Å². The molecule has 0 radical (unpaired) electrons. The monoisotopic (exact) mass is 285 g/mol. The maximum Gasteiger partial charge on any atom is 0.246 e. The first-order valence-corrected chi connectivity index (χ1v) is 6.49. The van der Waals surface area contributed by atoms with Crippen LogP contribution >= 0.6 is 12.2 Å². The summed E-state index contributed by atoms with van der Waals surface area (Å²) < 4.78 is 1.38. The van der Waals surface area contributed by atoms with Gasteiger partial charge < -0.3 is 26.4 Å². The lowest BCUT2D eigenvalue weighted by molar-refractivity contribution is 0.256. The van der Waals surface area contributed by atoms with E-state index in [1.807, 2.05) is 0 Å². The van der Waals surface area contributed by atoms with Crippen molar-refractivity contribution in [3.63, 3.8) is 0 Å². The molecular weight excluding hydrogens is 266 g/mol. The second-order valence-corrected chi connectivity index (χ2v) is 5.08. The summed E-state index contributed by atoms with van der Waals surface area (Å²) in [6, 6.07) is -0.608. The van der Waals surface area contributed by atoms with E-state index in [9.17, 15) is 5.11 Å². The first kappa shape index (κ1) is 14.0. The van der Waals surface area contributed by atoms with Gasteiger partial charge >= 0.3 is 0 Å². The summed E-state index contributed by atoms with van der Waals surface area (Å²) in [5, 5.41) is 13.6. The van der Waals surface area contributed by atoms with Crippen LogP contribution in [0.2, 0.25) is 0 Å². The van der Waals surface area contributed by atoms with Crippen LogP contribution in [0.4, 0.5) is 11.9 Å². The van der Waals surface area contributed by atoms with Crippen LogP contribution < -0.4 is 16.4 Å². The maximum atomic E-state index is 9.30. The largest absolute Gasteiger partial charge is 0.394 e. The zero-order valence-electron chi connectivity index (χ0n) is 10.9. The van der Waals surface area contributed by atoms with Gasteiger partial charge in [-0.3, -0.25) is 0 Å². The van der Waals surface area contributed by atoms with E-state index >= 15 is 0 Å². The molecule has 9 heteroatoms. The van der Waals surface area contributed by atoms with Crippen molar-refractivity contribution in [3.05, 3.63) is 0 Å². The summed E-state index contributed by atoms with van der Waals surface area (Å²) in [5.41, 5.74) is 11.4. The normalized spacial score (nSPS) is 18.5. The van der Waals surface area contributed by atoms with Crippen molar-refractivity contribution in [2.45, 2.75) is 6.04 Å². The highest BCUT2D eigenvalue weighted by molar-refractivity contribution is 7.80. The molecule has 0 aromatic carbocycles. The Labute approximate surface area is 117 Å². The Morgan fingerprint density at radius 2 is 2.05 bits per heavy atom. The summed E-state index contributed by atoms with van der Waals surface area (Å²) in [5.74, 6) is 0.765. The highest BCUT2D eigenvalue weighted by Gasteiger charge is 2.23. The lowest BCUT2D eigenvalue weighted by Gasteiger charge is -2.31. The summed E-state index contributed by atoms with van der Waals surface area (Å²) in [6.07, 6.45) is 0. The number of piperazine rings is 1. The van der Waals surface area contributed by atoms with Crippen LogP contribution in [0.25, 0.3) is 0 Å². The van der Waals surface area contributed by atoms with Crippen molar-refractivity contribution in [2.75, 3.05) is 50.5 Å². The number of hydrogen-bond donors (Lipinski definition) is 3. The Kier molecular flexibility index (Phi) is 4.17. The number of likely N-dealkylation sites (N-methyl/N-ethyl adjacent to an activating group) is 1. The van der Waals surface area contributed by atoms with Crippen LogP contribution in [0.15, 0.2) is 0 Å². The number of nitrogens with zero attached hydrogens (tertiary/aromatic N) is 5. The van der Waals surface area contributed by atoms with Gasteiger partial charge in [0.05, 0.1) is 6.61 Å². The Morgan fingerprint density at radius 1 is 1.42 bits per heavy atom. The number of aliphatic hydroxyl groups is 1. The third kappa shape index (κ3) is 2.94. The number of thiocarbonyl (C=S) groups is 1. The summed E-state index contributed by atoms with van der Waals surface area (Å²) >= 11 is 4.89. The van der Waals surface area contributed by atoms with Gasteiger partial charge in [0, 0.05) is 26.2 Å². The van der Waals surface area contributed by atoms with Crippen LogP contribution in [0.3, 0.4) is 0 Å². The van der Waals surface area contributed by atoms with Crippen LogP contribution in [0.1, 0.15) is 6.04 Å².